The molecule has 1 atom stereocenters. The number of nitrogens with zero attached hydrogens (tertiary/aromatic N) is 4. The quantitative estimate of drug-likeness (QED) is 0.460. The van der Waals surface area contributed by atoms with Crippen LogP contribution in [0.25, 0.3) is 11.0 Å². The lowest BCUT2D eigenvalue weighted by molar-refractivity contribution is -0.127. The Morgan fingerprint density at radius 3 is 2.48 bits per heavy atom. The Bertz CT molecular complexity index is 1260. The van der Waals surface area contributed by atoms with E-state index in [9.17, 15) is 14.0 Å². The summed E-state index contributed by atoms with van der Waals surface area (Å²) in [6.07, 6.45) is 0. The minimum Gasteiger partial charge on any atom is -0.349 e. The summed E-state index contributed by atoms with van der Waals surface area (Å²) in [6, 6.07) is 15.6. The molecule has 0 aliphatic heterocycles. The van der Waals surface area contributed by atoms with E-state index in [1.54, 1.807) is 0 Å². The van der Waals surface area contributed by atoms with Gasteiger partial charge in [-0.15, -0.1) is 16.4 Å². The van der Waals surface area contributed by atoms with Gasteiger partial charge in [-0.1, -0.05) is 23.4 Å². The summed E-state index contributed by atoms with van der Waals surface area (Å²) in [6.45, 7) is 5.49. The average molecular weight is 466 g/mol. The number of benzene rings is 2. The summed E-state index contributed by atoms with van der Waals surface area (Å²) in [5, 5.41) is 13.1. The fourth-order valence-corrected chi connectivity index (χ4v) is 4.35. The van der Waals surface area contributed by atoms with Crippen molar-refractivity contribution >= 4 is 39.9 Å². The zero-order valence-electron chi connectivity index (χ0n) is 18.5. The third-order valence-electron chi connectivity index (χ3n) is 4.90. The fraction of sp³-hybridized carbons (Fsp3) is 0.250. The van der Waals surface area contributed by atoms with Gasteiger partial charge >= 0.3 is 0 Å². The van der Waals surface area contributed by atoms with Crippen LogP contribution in [0.2, 0.25) is 0 Å². The number of anilines is 1. The van der Waals surface area contributed by atoms with Crippen LogP contribution in [-0.4, -0.2) is 32.3 Å². The Labute approximate surface area is 194 Å². The van der Waals surface area contributed by atoms with Crippen molar-refractivity contribution in [2.75, 3.05) is 4.90 Å². The molecular formula is C24H24FN5O2S. The molecule has 0 spiro atoms. The van der Waals surface area contributed by atoms with E-state index in [0.29, 0.717) is 21.6 Å². The SMILES string of the molecule is CC(C)(C)NC(=O)C(c1cccs1)N(C(=O)Cn1nnc2ccccc21)c1ccc(F)cc1. The normalized spacial score (nSPS) is 12.5. The van der Waals surface area contributed by atoms with E-state index >= 15 is 0 Å². The minimum atomic E-state index is -0.933. The van der Waals surface area contributed by atoms with Gasteiger partial charge in [-0.25, -0.2) is 9.07 Å². The van der Waals surface area contributed by atoms with Crippen molar-refractivity contribution in [3.05, 3.63) is 76.7 Å². The van der Waals surface area contributed by atoms with E-state index in [4.69, 9.17) is 0 Å². The van der Waals surface area contributed by atoms with Crippen LogP contribution in [0.3, 0.4) is 0 Å². The number of carbonyl (C=O) groups excluding carboxylic acids is 2. The number of halogens is 1. The number of carbonyl (C=O) groups is 2. The summed E-state index contributed by atoms with van der Waals surface area (Å²) in [7, 11) is 0. The number of hydrogen-bond acceptors (Lipinski definition) is 5. The van der Waals surface area contributed by atoms with E-state index in [1.165, 1.54) is 45.2 Å². The minimum absolute atomic E-state index is 0.136. The van der Waals surface area contributed by atoms with Crippen molar-refractivity contribution in [1.29, 1.82) is 0 Å². The molecule has 1 N–H and O–H groups in total. The van der Waals surface area contributed by atoms with Crippen LogP contribution < -0.4 is 10.2 Å². The van der Waals surface area contributed by atoms with Crippen LogP contribution in [-0.2, 0) is 16.1 Å². The predicted molar refractivity (Wildman–Crippen MR) is 126 cm³/mol. The molecule has 1 unspecified atom stereocenters. The Hall–Kier alpha value is -3.59. The maximum absolute atomic E-state index is 13.7. The van der Waals surface area contributed by atoms with Gasteiger partial charge in [0.1, 0.15) is 23.9 Å². The van der Waals surface area contributed by atoms with Crippen molar-refractivity contribution < 1.29 is 14.0 Å². The Kier molecular flexibility index (Phi) is 6.24. The van der Waals surface area contributed by atoms with Crippen LogP contribution >= 0.6 is 11.3 Å². The molecule has 170 valence electrons. The van der Waals surface area contributed by atoms with Gasteiger partial charge < -0.3 is 5.32 Å². The van der Waals surface area contributed by atoms with Gasteiger partial charge in [0.15, 0.2) is 0 Å². The largest absolute Gasteiger partial charge is 0.349 e. The first-order chi connectivity index (χ1) is 15.7. The first-order valence-electron chi connectivity index (χ1n) is 10.4. The van der Waals surface area contributed by atoms with Crippen molar-refractivity contribution in [2.45, 2.75) is 38.9 Å². The second-order valence-corrected chi connectivity index (χ2v) is 9.61. The molecule has 0 radical (unpaired) electrons. The molecule has 4 rings (SSSR count). The van der Waals surface area contributed by atoms with Crippen molar-refractivity contribution in [1.82, 2.24) is 20.3 Å². The van der Waals surface area contributed by atoms with E-state index < -0.39 is 17.4 Å². The van der Waals surface area contributed by atoms with Gasteiger partial charge in [0, 0.05) is 16.1 Å². The number of aromatic nitrogens is 3. The lowest BCUT2D eigenvalue weighted by atomic mass is 10.1. The lowest BCUT2D eigenvalue weighted by Crippen LogP contribution is -2.50. The number of para-hydroxylation sites is 1. The van der Waals surface area contributed by atoms with Crippen LogP contribution in [0.4, 0.5) is 10.1 Å². The topological polar surface area (TPSA) is 80.1 Å². The second-order valence-electron chi connectivity index (χ2n) is 8.63. The standard InChI is InChI=1S/C24H24FN5O2S/c1-24(2,3)26-23(32)22(20-9-6-14-33-20)30(17-12-10-16(25)11-13-17)21(31)15-29-19-8-5-4-7-18(19)27-28-29/h4-14,22H,15H2,1-3H3,(H,26,32). The first kappa shape index (κ1) is 22.6. The van der Waals surface area contributed by atoms with E-state index in [-0.39, 0.29) is 18.4 Å². The van der Waals surface area contributed by atoms with E-state index in [0.717, 1.165) is 0 Å². The highest BCUT2D eigenvalue weighted by molar-refractivity contribution is 7.10. The Morgan fingerprint density at radius 1 is 1.09 bits per heavy atom. The van der Waals surface area contributed by atoms with E-state index in [2.05, 4.69) is 15.6 Å². The van der Waals surface area contributed by atoms with Crippen LogP contribution in [0.15, 0.2) is 66.0 Å². The fourth-order valence-electron chi connectivity index (χ4n) is 3.54. The molecule has 0 fully saturated rings. The maximum Gasteiger partial charge on any atom is 0.249 e. The third-order valence-corrected chi connectivity index (χ3v) is 5.82. The van der Waals surface area contributed by atoms with Crippen LogP contribution in [0, 0.1) is 5.82 Å². The van der Waals surface area contributed by atoms with Crippen LogP contribution in [0.5, 0.6) is 0 Å². The number of rotatable bonds is 6. The highest BCUT2D eigenvalue weighted by Gasteiger charge is 2.35. The monoisotopic (exact) mass is 465 g/mol. The van der Waals surface area contributed by atoms with E-state index in [1.807, 2.05) is 62.5 Å². The molecule has 33 heavy (non-hydrogen) atoms. The molecule has 4 aromatic rings. The van der Waals surface area contributed by atoms with Gasteiger partial charge in [-0.3, -0.25) is 14.5 Å². The zero-order valence-corrected chi connectivity index (χ0v) is 19.3. The molecule has 7 nitrogen and oxygen atoms in total. The van der Waals surface area contributed by atoms with Gasteiger partial charge in [-0.2, -0.15) is 0 Å². The first-order valence-corrected chi connectivity index (χ1v) is 11.3. The highest BCUT2D eigenvalue weighted by Crippen LogP contribution is 2.32. The van der Waals surface area contributed by atoms with Crippen molar-refractivity contribution in [3.63, 3.8) is 0 Å². The average Bonchev–Trinajstić information content (AvgIpc) is 3.42. The Balaban J connectivity index is 1.77. The molecule has 0 aliphatic carbocycles. The molecule has 2 aromatic carbocycles. The number of hydrogen-bond donors (Lipinski definition) is 1. The summed E-state index contributed by atoms with van der Waals surface area (Å²) < 4.78 is 15.2. The molecule has 2 aromatic heterocycles. The predicted octanol–water partition coefficient (Wildman–Crippen LogP) is 4.32. The molecule has 0 saturated heterocycles. The summed E-state index contributed by atoms with van der Waals surface area (Å²) in [4.78, 5) is 29.3. The zero-order chi connectivity index (χ0) is 23.6. The van der Waals surface area contributed by atoms with Gasteiger partial charge in [0.25, 0.3) is 0 Å². The van der Waals surface area contributed by atoms with Gasteiger partial charge in [-0.05, 0) is 68.6 Å². The van der Waals surface area contributed by atoms with Crippen molar-refractivity contribution in [3.8, 4) is 0 Å². The molecule has 0 aliphatic rings. The number of nitrogens with one attached hydrogen (secondary N) is 1. The summed E-state index contributed by atoms with van der Waals surface area (Å²) >= 11 is 1.38. The molecule has 9 heteroatoms. The molecular weight excluding hydrogens is 441 g/mol. The Morgan fingerprint density at radius 2 is 1.82 bits per heavy atom. The number of fused-ring (bicyclic) bond motifs is 1. The summed E-state index contributed by atoms with van der Waals surface area (Å²) in [5.74, 6) is -1.13. The molecule has 0 bridgehead atoms. The maximum atomic E-state index is 13.7. The van der Waals surface area contributed by atoms with Gasteiger partial charge in [0.05, 0.1) is 5.52 Å². The number of thiophene rings is 1. The second kappa shape index (κ2) is 9.11. The lowest BCUT2D eigenvalue weighted by Gasteiger charge is -2.33. The molecule has 2 amide bonds. The third kappa shape index (κ3) is 5.09. The highest BCUT2D eigenvalue weighted by atomic mass is 32.1. The number of amides is 2. The molecule has 2 heterocycles. The van der Waals surface area contributed by atoms with Gasteiger partial charge in [0.2, 0.25) is 11.8 Å². The van der Waals surface area contributed by atoms with Crippen LogP contribution in [0.1, 0.15) is 31.7 Å². The van der Waals surface area contributed by atoms with Crippen molar-refractivity contribution in [2.24, 2.45) is 0 Å². The summed E-state index contributed by atoms with van der Waals surface area (Å²) in [5.41, 5.74) is 1.27. The molecule has 0 saturated carbocycles. The smallest absolute Gasteiger partial charge is 0.249 e.